The number of aliphatic hydroxyl groups is 2. The van der Waals surface area contributed by atoms with Crippen molar-refractivity contribution >= 4 is 0 Å². The molecule has 2 atom stereocenters. The van der Waals surface area contributed by atoms with E-state index in [0.29, 0.717) is 0 Å². The number of hydrogen-bond acceptors (Lipinski definition) is 6. The number of ether oxygens (including phenoxy) is 1. The molecule has 27 heavy (non-hydrogen) atoms. The van der Waals surface area contributed by atoms with Crippen LogP contribution in [0.25, 0.3) is 11.3 Å². The van der Waals surface area contributed by atoms with Crippen LogP contribution in [0.1, 0.15) is 11.3 Å². The van der Waals surface area contributed by atoms with E-state index in [0.717, 1.165) is 18.2 Å². The topological polar surface area (TPSA) is 115 Å². The van der Waals surface area contributed by atoms with Crippen molar-refractivity contribution in [3.63, 3.8) is 0 Å². The third-order valence-corrected chi connectivity index (χ3v) is 4.57. The van der Waals surface area contributed by atoms with Crippen LogP contribution in [0.2, 0.25) is 0 Å². The molecular weight excluding hydrogens is 370 g/mol. The predicted molar refractivity (Wildman–Crippen MR) is 87.1 cm³/mol. The number of aliphatic hydroxyl groups excluding tert-OH is 1. The Balaban J connectivity index is 2.30. The van der Waals surface area contributed by atoms with Gasteiger partial charge >= 0.3 is 6.18 Å². The Kier molecular flexibility index (Phi) is 4.63. The number of hydrogen-bond donors (Lipinski definition) is 4. The quantitative estimate of drug-likeness (QED) is 0.585. The first kappa shape index (κ1) is 19.5. The number of halogens is 4. The smallest absolute Gasteiger partial charge is 0.424 e. The molecule has 2 unspecified atom stereocenters. The van der Waals surface area contributed by atoms with Gasteiger partial charge in [-0.15, -0.1) is 0 Å². The van der Waals surface area contributed by atoms with E-state index in [2.05, 4.69) is 4.98 Å². The number of pyridine rings is 1. The van der Waals surface area contributed by atoms with Gasteiger partial charge in [-0.05, 0) is 30.3 Å². The molecule has 6 nitrogen and oxygen atoms in total. The van der Waals surface area contributed by atoms with E-state index in [9.17, 15) is 27.8 Å². The summed E-state index contributed by atoms with van der Waals surface area (Å²) in [5.74, 6) is -0.492. The second-order valence-electron chi connectivity index (χ2n) is 6.40. The van der Waals surface area contributed by atoms with Crippen molar-refractivity contribution < 1.29 is 32.5 Å². The van der Waals surface area contributed by atoms with Gasteiger partial charge in [0.15, 0.2) is 5.75 Å². The fourth-order valence-corrected chi connectivity index (χ4v) is 2.84. The highest BCUT2D eigenvalue weighted by molar-refractivity contribution is 5.70. The Morgan fingerprint density at radius 2 is 1.85 bits per heavy atom. The number of nitrogens with zero attached hydrogens (tertiary/aromatic N) is 1. The Morgan fingerprint density at radius 1 is 1.22 bits per heavy atom. The molecule has 2 aromatic rings. The molecular formula is C17H17F4N3O3. The Bertz CT molecular complexity index is 860. The number of nitrogens with two attached hydrogens (primary N) is 2. The van der Waals surface area contributed by atoms with Gasteiger partial charge in [0.2, 0.25) is 5.60 Å². The summed E-state index contributed by atoms with van der Waals surface area (Å²) in [6.07, 6.45) is -5.11. The molecule has 0 saturated heterocycles. The number of rotatable bonds is 4. The number of aromatic nitrogens is 1. The summed E-state index contributed by atoms with van der Waals surface area (Å²) >= 11 is 0. The van der Waals surface area contributed by atoms with Crippen LogP contribution in [0, 0.1) is 5.82 Å². The van der Waals surface area contributed by atoms with Gasteiger partial charge < -0.3 is 26.4 Å². The minimum Gasteiger partial charge on any atom is -0.489 e. The van der Waals surface area contributed by atoms with Gasteiger partial charge in [-0.25, -0.2) is 9.37 Å². The molecule has 0 fully saturated rings. The lowest BCUT2D eigenvalue weighted by atomic mass is 9.89. The van der Waals surface area contributed by atoms with Crippen LogP contribution in [0.5, 0.6) is 5.75 Å². The number of fused-ring (bicyclic) bond motifs is 1. The van der Waals surface area contributed by atoms with Crippen molar-refractivity contribution in [2.75, 3.05) is 19.8 Å². The van der Waals surface area contributed by atoms with E-state index >= 15 is 0 Å². The van der Waals surface area contributed by atoms with Crippen molar-refractivity contribution in [2.24, 2.45) is 11.5 Å². The van der Waals surface area contributed by atoms with Crippen molar-refractivity contribution in [3.8, 4) is 17.0 Å². The monoisotopic (exact) mass is 387 g/mol. The minimum absolute atomic E-state index is 0.0467. The first-order valence-corrected chi connectivity index (χ1v) is 7.89. The molecule has 0 radical (unpaired) electrons. The molecule has 0 spiro atoms. The molecule has 0 bridgehead atoms. The molecule has 1 aliphatic rings. The summed E-state index contributed by atoms with van der Waals surface area (Å²) in [5, 5.41) is 19.8. The van der Waals surface area contributed by atoms with Gasteiger partial charge in [0, 0.05) is 17.7 Å². The maximum atomic E-state index is 13.5. The molecule has 0 saturated carbocycles. The van der Waals surface area contributed by atoms with Gasteiger partial charge in [0.05, 0.1) is 12.3 Å². The maximum absolute atomic E-state index is 13.5. The molecule has 1 aromatic heterocycles. The van der Waals surface area contributed by atoms with Crippen LogP contribution in [0.3, 0.4) is 0 Å². The van der Waals surface area contributed by atoms with E-state index in [-0.39, 0.29) is 29.2 Å². The standard InChI is InChI=1S/C17H17F4N3O3/c18-10-3-1-9(2-4-10)13-14-11(15(23,7-25)8-27-14)5-12(24-13)16(26,6-22)17(19,20)21/h1-5,25-26H,6-8,22-23H2. The van der Waals surface area contributed by atoms with Gasteiger partial charge in [0.1, 0.15) is 23.7 Å². The van der Waals surface area contributed by atoms with E-state index in [1.807, 2.05) is 0 Å². The number of benzene rings is 1. The van der Waals surface area contributed by atoms with E-state index < -0.39 is 42.0 Å². The molecule has 2 heterocycles. The van der Waals surface area contributed by atoms with Crippen LogP contribution in [-0.2, 0) is 11.1 Å². The zero-order valence-corrected chi connectivity index (χ0v) is 13.9. The highest BCUT2D eigenvalue weighted by Gasteiger charge is 2.56. The van der Waals surface area contributed by atoms with Crippen LogP contribution in [-0.4, -0.2) is 41.1 Å². The fraction of sp³-hybridized carbons (Fsp3) is 0.353. The third-order valence-electron chi connectivity index (χ3n) is 4.57. The highest BCUT2D eigenvalue weighted by Crippen LogP contribution is 2.46. The first-order valence-electron chi connectivity index (χ1n) is 7.89. The first-order chi connectivity index (χ1) is 12.6. The summed E-state index contributed by atoms with van der Waals surface area (Å²) in [4.78, 5) is 3.92. The zero-order chi connectivity index (χ0) is 20.0. The van der Waals surface area contributed by atoms with Crippen LogP contribution in [0.15, 0.2) is 30.3 Å². The second kappa shape index (κ2) is 6.41. The van der Waals surface area contributed by atoms with Gasteiger partial charge in [-0.1, -0.05) is 0 Å². The van der Waals surface area contributed by atoms with Crippen LogP contribution < -0.4 is 16.2 Å². The zero-order valence-electron chi connectivity index (χ0n) is 13.9. The Labute approximate surface area is 151 Å². The van der Waals surface area contributed by atoms with E-state index in [4.69, 9.17) is 16.2 Å². The predicted octanol–water partition coefficient (Wildman–Crippen LogP) is 1.14. The largest absolute Gasteiger partial charge is 0.489 e. The molecule has 10 heteroatoms. The Hall–Kier alpha value is -2.27. The van der Waals surface area contributed by atoms with Gasteiger partial charge in [-0.3, -0.25) is 0 Å². The molecule has 1 aliphatic heterocycles. The van der Waals surface area contributed by atoms with Crippen LogP contribution in [0.4, 0.5) is 17.6 Å². The molecule has 3 rings (SSSR count). The van der Waals surface area contributed by atoms with Crippen molar-refractivity contribution in [2.45, 2.75) is 17.3 Å². The highest BCUT2D eigenvalue weighted by atomic mass is 19.4. The lowest BCUT2D eigenvalue weighted by molar-refractivity contribution is -0.263. The summed E-state index contributed by atoms with van der Waals surface area (Å²) < 4.78 is 59.1. The lowest BCUT2D eigenvalue weighted by Gasteiger charge is -2.30. The summed E-state index contributed by atoms with van der Waals surface area (Å²) in [6.45, 7) is -1.99. The molecule has 0 aliphatic carbocycles. The molecule has 6 N–H and O–H groups in total. The van der Waals surface area contributed by atoms with Crippen molar-refractivity contribution in [3.05, 3.63) is 47.4 Å². The van der Waals surface area contributed by atoms with E-state index in [1.54, 1.807) is 0 Å². The van der Waals surface area contributed by atoms with Gasteiger partial charge in [-0.2, -0.15) is 13.2 Å². The third kappa shape index (κ3) is 3.04. The van der Waals surface area contributed by atoms with Crippen molar-refractivity contribution in [1.29, 1.82) is 0 Å². The SMILES string of the molecule is NCC(O)(c1cc2c(c(-c3ccc(F)cc3)n1)OCC2(N)CO)C(F)(F)F. The average Bonchev–Trinajstić information content (AvgIpc) is 2.98. The summed E-state index contributed by atoms with van der Waals surface area (Å²) in [5.41, 5.74) is 5.77. The maximum Gasteiger partial charge on any atom is 0.424 e. The van der Waals surface area contributed by atoms with Crippen LogP contribution >= 0.6 is 0 Å². The number of alkyl halides is 3. The summed E-state index contributed by atoms with van der Waals surface area (Å²) in [7, 11) is 0. The average molecular weight is 387 g/mol. The molecule has 1 aromatic carbocycles. The van der Waals surface area contributed by atoms with Gasteiger partial charge in [0.25, 0.3) is 0 Å². The molecule has 146 valence electrons. The van der Waals surface area contributed by atoms with Crippen molar-refractivity contribution in [1.82, 2.24) is 4.98 Å². The minimum atomic E-state index is -5.11. The molecule has 0 amide bonds. The fourth-order valence-electron chi connectivity index (χ4n) is 2.84. The second-order valence-corrected chi connectivity index (χ2v) is 6.40. The summed E-state index contributed by atoms with van der Waals surface area (Å²) in [6, 6.07) is 5.74. The lowest BCUT2D eigenvalue weighted by Crippen LogP contribution is -2.49. The van der Waals surface area contributed by atoms with E-state index in [1.165, 1.54) is 12.1 Å². The normalized spacial score (nSPS) is 21.5. The Morgan fingerprint density at radius 3 is 2.37 bits per heavy atom.